The van der Waals surface area contributed by atoms with Crippen LogP contribution in [0.5, 0.6) is 0 Å². The molecule has 0 aliphatic heterocycles. The molecule has 0 amide bonds. The van der Waals surface area contributed by atoms with E-state index in [0.717, 1.165) is 5.39 Å². The SMILES string of the molecule is Cc1ccc2ccccc2c1S([O])(=O)=O. The Morgan fingerprint density at radius 2 is 1.67 bits per heavy atom. The Labute approximate surface area is 88.1 Å². The summed E-state index contributed by atoms with van der Waals surface area (Å²) in [4.78, 5) is -0.111. The third kappa shape index (κ3) is 1.73. The van der Waals surface area contributed by atoms with Crippen LogP contribution in [0.4, 0.5) is 0 Å². The Kier molecular flexibility index (Phi) is 2.25. The zero-order chi connectivity index (χ0) is 11.1. The van der Waals surface area contributed by atoms with E-state index in [2.05, 4.69) is 0 Å². The minimum Gasteiger partial charge on any atom is -0.191 e. The van der Waals surface area contributed by atoms with Crippen LogP contribution in [0.2, 0.25) is 0 Å². The van der Waals surface area contributed by atoms with Crippen LogP contribution < -0.4 is 0 Å². The van der Waals surface area contributed by atoms with E-state index in [9.17, 15) is 13.0 Å². The first kappa shape index (κ1) is 10.1. The summed E-state index contributed by atoms with van der Waals surface area (Å²) in [6.45, 7) is 1.62. The van der Waals surface area contributed by atoms with Crippen molar-refractivity contribution >= 4 is 20.9 Å². The van der Waals surface area contributed by atoms with Crippen molar-refractivity contribution in [3.8, 4) is 0 Å². The highest BCUT2D eigenvalue weighted by atomic mass is 32.2. The maximum atomic E-state index is 11.1. The van der Waals surface area contributed by atoms with Crippen molar-refractivity contribution < 1.29 is 13.0 Å². The zero-order valence-corrected chi connectivity index (χ0v) is 8.91. The molecule has 0 N–H and O–H groups in total. The van der Waals surface area contributed by atoms with Gasteiger partial charge in [-0.05, 0) is 17.9 Å². The molecular weight excluding hydrogens is 212 g/mol. The van der Waals surface area contributed by atoms with E-state index in [1.807, 2.05) is 0 Å². The van der Waals surface area contributed by atoms with Gasteiger partial charge in [-0.3, -0.25) is 0 Å². The molecule has 4 heteroatoms. The van der Waals surface area contributed by atoms with Crippen molar-refractivity contribution in [3.05, 3.63) is 42.0 Å². The van der Waals surface area contributed by atoms with Crippen LogP contribution in [0.3, 0.4) is 0 Å². The molecule has 2 aromatic rings. The van der Waals surface area contributed by atoms with Gasteiger partial charge in [0, 0.05) is 5.39 Å². The van der Waals surface area contributed by atoms with Crippen molar-refractivity contribution in [1.82, 2.24) is 0 Å². The smallest absolute Gasteiger partial charge is 0.191 e. The summed E-state index contributed by atoms with van der Waals surface area (Å²) in [5.41, 5.74) is 0.490. The molecular formula is C11H9O3S. The lowest BCUT2D eigenvalue weighted by Crippen LogP contribution is -2.00. The van der Waals surface area contributed by atoms with E-state index in [-0.39, 0.29) is 4.90 Å². The molecule has 0 aliphatic carbocycles. The molecule has 2 aromatic carbocycles. The van der Waals surface area contributed by atoms with Crippen LogP contribution in [0, 0.1) is 6.92 Å². The van der Waals surface area contributed by atoms with Crippen LogP contribution in [0.1, 0.15) is 5.56 Å². The van der Waals surface area contributed by atoms with Crippen LogP contribution in [0.15, 0.2) is 41.3 Å². The predicted octanol–water partition coefficient (Wildman–Crippen LogP) is 2.27. The van der Waals surface area contributed by atoms with E-state index in [0.29, 0.717) is 10.9 Å². The molecule has 3 nitrogen and oxygen atoms in total. The van der Waals surface area contributed by atoms with E-state index < -0.39 is 10.1 Å². The lowest BCUT2D eigenvalue weighted by atomic mass is 10.1. The maximum Gasteiger partial charge on any atom is 0.325 e. The summed E-state index contributed by atoms with van der Waals surface area (Å²) in [7, 11) is -4.41. The number of rotatable bonds is 1. The van der Waals surface area contributed by atoms with Gasteiger partial charge in [0.1, 0.15) is 4.90 Å². The fourth-order valence-electron chi connectivity index (χ4n) is 1.68. The molecule has 0 aliphatic rings. The zero-order valence-electron chi connectivity index (χ0n) is 8.10. The monoisotopic (exact) mass is 221 g/mol. The summed E-state index contributed by atoms with van der Waals surface area (Å²) < 4.78 is 33.3. The Balaban J connectivity index is 2.99. The fourth-order valence-corrected chi connectivity index (χ4v) is 2.60. The molecule has 0 spiro atoms. The molecule has 0 saturated heterocycles. The average molecular weight is 221 g/mol. The molecule has 0 fully saturated rings. The lowest BCUT2D eigenvalue weighted by Gasteiger charge is -2.05. The van der Waals surface area contributed by atoms with Crippen molar-refractivity contribution in [2.45, 2.75) is 11.8 Å². The highest BCUT2D eigenvalue weighted by Crippen LogP contribution is 2.26. The van der Waals surface area contributed by atoms with Gasteiger partial charge < -0.3 is 0 Å². The fraction of sp³-hybridized carbons (Fsp3) is 0.0909. The highest BCUT2D eigenvalue weighted by molar-refractivity contribution is 7.85. The molecule has 77 valence electrons. The standard InChI is InChI=1S/C11H9O3S/c1-8-6-7-9-4-2-3-5-10(9)11(8)15(12,13)14/h2-7H,1H3. The van der Waals surface area contributed by atoms with Gasteiger partial charge in [0.25, 0.3) is 0 Å². The topological polar surface area (TPSA) is 54.0 Å². The van der Waals surface area contributed by atoms with E-state index >= 15 is 0 Å². The second-order valence-corrected chi connectivity index (χ2v) is 4.70. The van der Waals surface area contributed by atoms with Gasteiger partial charge >= 0.3 is 10.1 Å². The minimum atomic E-state index is -4.41. The van der Waals surface area contributed by atoms with Crippen LogP contribution in [-0.4, -0.2) is 8.42 Å². The summed E-state index contributed by atoms with van der Waals surface area (Å²) in [5, 5.41) is 1.25. The number of fused-ring (bicyclic) bond motifs is 1. The van der Waals surface area contributed by atoms with Crippen LogP contribution in [0.25, 0.3) is 10.8 Å². The molecule has 0 bridgehead atoms. The van der Waals surface area contributed by atoms with E-state index in [4.69, 9.17) is 0 Å². The normalized spacial score (nSPS) is 11.9. The Hall–Kier alpha value is -1.39. The molecule has 2 rings (SSSR count). The van der Waals surface area contributed by atoms with Gasteiger partial charge in [-0.15, -0.1) is 0 Å². The quantitative estimate of drug-likeness (QED) is 0.741. The summed E-state index contributed by atoms with van der Waals surface area (Å²) in [6, 6.07) is 10.4. The molecule has 0 saturated carbocycles. The maximum absolute atomic E-state index is 11.1. The van der Waals surface area contributed by atoms with Gasteiger partial charge in [0.05, 0.1) is 0 Å². The van der Waals surface area contributed by atoms with Crippen molar-refractivity contribution in [2.75, 3.05) is 0 Å². The Morgan fingerprint density at radius 3 is 2.33 bits per heavy atom. The van der Waals surface area contributed by atoms with Crippen molar-refractivity contribution in [2.24, 2.45) is 0 Å². The van der Waals surface area contributed by atoms with Crippen LogP contribution >= 0.6 is 0 Å². The predicted molar refractivity (Wildman–Crippen MR) is 56.6 cm³/mol. The van der Waals surface area contributed by atoms with Gasteiger partial charge in [0.15, 0.2) is 0 Å². The Morgan fingerprint density at radius 1 is 1.00 bits per heavy atom. The first-order valence-corrected chi connectivity index (χ1v) is 5.85. The summed E-state index contributed by atoms with van der Waals surface area (Å²) in [6.07, 6.45) is 0. The molecule has 0 aromatic heterocycles. The third-order valence-corrected chi connectivity index (χ3v) is 3.37. The molecule has 0 unspecified atom stereocenters. The number of aryl methyl sites for hydroxylation is 1. The van der Waals surface area contributed by atoms with Gasteiger partial charge in [-0.1, -0.05) is 41.0 Å². The minimum absolute atomic E-state index is 0.111. The molecule has 15 heavy (non-hydrogen) atoms. The molecule has 0 heterocycles. The number of benzene rings is 2. The first-order chi connectivity index (χ1) is 7.00. The first-order valence-electron chi connectivity index (χ1n) is 4.44. The lowest BCUT2D eigenvalue weighted by molar-refractivity contribution is 0.415. The van der Waals surface area contributed by atoms with E-state index in [1.165, 1.54) is 0 Å². The summed E-state index contributed by atoms with van der Waals surface area (Å²) in [5.74, 6) is 0. The van der Waals surface area contributed by atoms with Crippen molar-refractivity contribution in [1.29, 1.82) is 0 Å². The van der Waals surface area contributed by atoms with Gasteiger partial charge in [-0.2, -0.15) is 8.42 Å². The van der Waals surface area contributed by atoms with E-state index in [1.54, 1.807) is 43.3 Å². The second-order valence-electron chi connectivity index (χ2n) is 3.39. The number of hydrogen-bond acceptors (Lipinski definition) is 2. The molecule has 1 radical (unpaired) electrons. The highest BCUT2D eigenvalue weighted by Gasteiger charge is 2.18. The van der Waals surface area contributed by atoms with Gasteiger partial charge in [-0.25, -0.2) is 0 Å². The van der Waals surface area contributed by atoms with Crippen LogP contribution in [-0.2, 0) is 14.7 Å². The van der Waals surface area contributed by atoms with Crippen molar-refractivity contribution in [3.63, 3.8) is 0 Å². The third-order valence-electron chi connectivity index (χ3n) is 2.33. The summed E-state index contributed by atoms with van der Waals surface area (Å²) >= 11 is 0. The second kappa shape index (κ2) is 3.32. The number of hydrogen-bond donors (Lipinski definition) is 0. The largest absolute Gasteiger partial charge is 0.325 e. The van der Waals surface area contributed by atoms with Gasteiger partial charge in [0.2, 0.25) is 0 Å². The average Bonchev–Trinajstić information content (AvgIpc) is 2.15. The Bertz CT molecular complexity index is 615. The molecule has 0 atom stereocenters.